The summed E-state index contributed by atoms with van der Waals surface area (Å²) in [5.41, 5.74) is 8.63. The van der Waals surface area contributed by atoms with E-state index in [4.69, 9.17) is 19.9 Å². The minimum absolute atomic E-state index is 0.0748. The van der Waals surface area contributed by atoms with Gasteiger partial charge in [-0.3, -0.25) is 13.7 Å². The van der Waals surface area contributed by atoms with Crippen molar-refractivity contribution >= 4 is 43.5 Å². The lowest BCUT2D eigenvalue weighted by Crippen LogP contribution is -2.28. The van der Waals surface area contributed by atoms with Crippen molar-refractivity contribution in [3.8, 4) is 39.7 Å². The lowest BCUT2D eigenvalue weighted by molar-refractivity contribution is 0.0964. The Morgan fingerprint density at radius 2 is 1.80 bits per heavy atom. The quantitative estimate of drug-likeness (QED) is 0.239. The van der Waals surface area contributed by atoms with Crippen molar-refractivity contribution in [2.24, 2.45) is 5.73 Å². The number of fused-ring (bicyclic) bond motifs is 6. The second kappa shape index (κ2) is 10.7. The van der Waals surface area contributed by atoms with Crippen LogP contribution in [-0.4, -0.2) is 50.8 Å². The molecule has 0 radical (unpaired) electrons. The number of ether oxygens (including phenoxy) is 1. The molecule has 1 unspecified atom stereocenters. The summed E-state index contributed by atoms with van der Waals surface area (Å²) in [5, 5.41) is 3.35. The molecule has 0 bridgehead atoms. The van der Waals surface area contributed by atoms with Crippen molar-refractivity contribution in [3.63, 3.8) is 0 Å². The van der Waals surface area contributed by atoms with Crippen LogP contribution < -0.4 is 20.1 Å². The zero-order valence-corrected chi connectivity index (χ0v) is 25.7. The maximum Gasteiger partial charge on any atom is 0.255 e. The third kappa shape index (κ3) is 4.50. The molecule has 1 aliphatic rings. The lowest BCUT2D eigenvalue weighted by atomic mass is 10.0. The Balaban J connectivity index is 1.51. The normalized spacial score (nSPS) is 14.2. The van der Waals surface area contributed by atoms with Gasteiger partial charge in [-0.15, -0.1) is 0 Å². The fraction of sp³-hybridized carbons (Fsp3) is 0.152. The summed E-state index contributed by atoms with van der Waals surface area (Å²) < 4.78 is 70.5. The average Bonchev–Trinajstić information content (AvgIpc) is 3.58. The molecule has 0 saturated heterocycles. The number of aromatic nitrogens is 2. The van der Waals surface area contributed by atoms with Gasteiger partial charge in [0, 0.05) is 48.6 Å². The third-order valence-electron chi connectivity index (χ3n) is 8.16. The van der Waals surface area contributed by atoms with Crippen molar-refractivity contribution in [1.29, 1.82) is 0 Å². The van der Waals surface area contributed by atoms with Crippen LogP contribution in [0, 0.1) is 11.6 Å². The molecule has 13 heteroatoms. The van der Waals surface area contributed by atoms with E-state index in [-0.39, 0.29) is 46.2 Å². The molecule has 3 N–H and O–H groups in total. The number of halogens is 2. The highest BCUT2D eigenvalue weighted by molar-refractivity contribution is 7.92. The highest BCUT2D eigenvalue weighted by Gasteiger charge is 2.33. The number of sulfonamides is 1. The second-order valence-corrected chi connectivity index (χ2v) is 12.9. The van der Waals surface area contributed by atoms with E-state index >= 15 is 4.39 Å². The van der Waals surface area contributed by atoms with Gasteiger partial charge in [-0.25, -0.2) is 22.2 Å². The van der Waals surface area contributed by atoms with E-state index in [9.17, 15) is 17.6 Å². The number of pyridine rings is 1. The van der Waals surface area contributed by atoms with Gasteiger partial charge in [0.15, 0.2) is 12.0 Å². The molecule has 1 aliphatic heterocycles. The Kier molecular flexibility index (Phi) is 6.83. The number of para-hydroxylation sites is 1. The van der Waals surface area contributed by atoms with Crippen molar-refractivity contribution < 1.29 is 31.1 Å². The molecular weight excluding hydrogens is 616 g/mol. The molecule has 3 aromatic heterocycles. The Morgan fingerprint density at radius 1 is 1.07 bits per heavy atom. The van der Waals surface area contributed by atoms with Crippen LogP contribution in [0.3, 0.4) is 0 Å². The predicted octanol–water partition coefficient (Wildman–Crippen LogP) is 5.67. The van der Waals surface area contributed by atoms with E-state index in [1.54, 1.807) is 47.0 Å². The molecule has 0 fully saturated rings. The van der Waals surface area contributed by atoms with Crippen LogP contribution in [0.4, 0.5) is 14.5 Å². The maximum atomic E-state index is 16.1. The molecular formula is C33H27F2N5O5S. The molecule has 1 amide bonds. The van der Waals surface area contributed by atoms with Gasteiger partial charge < -0.3 is 20.2 Å². The van der Waals surface area contributed by atoms with Gasteiger partial charge in [0.05, 0.1) is 28.7 Å². The number of nitrogens with one attached hydrogen (secondary N) is 1. The molecule has 0 aliphatic carbocycles. The van der Waals surface area contributed by atoms with Crippen LogP contribution in [0.25, 0.3) is 55.8 Å². The summed E-state index contributed by atoms with van der Waals surface area (Å²) in [5.74, 6) is -0.949. The number of hydrogen-bond donors (Lipinski definition) is 2. The number of nitrogens with two attached hydrogens (primary N) is 1. The van der Waals surface area contributed by atoms with Gasteiger partial charge >= 0.3 is 0 Å². The number of benzene rings is 3. The number of nitrogens with zero attached hydrogens (tertiary/aromatic N) is 3. The zero-order chi connectivity index (χ0) is 32.5. The molecule has 10 nitrogen and oxygen atoms in total. The smallest absolute Gasteiger partial charge is 0.255 e. The first-order chi connectivity index (χ1) is 22.0. The van der Waals surface area contributed by atoms with E-state index in [2.05, 4.69) is 5.32 Å². The number of carbonyl (C=O) groups is 1. The van der Waals surface area contributed by atoms with Crippen molar-refractivity contribution in [2.45, 2.75) is 6.23 Å². The van der Waals surface area contributed by atoms with E-state index in [0.29, 0.717) is 33.2 Å². The van der Waals surface area contributed by atoms with Gasteiger partial charge in [0.1, 0.15) is 34.3 Å². The van der Waals surface area contributed by atoms with Crippen LogP contribution in [0.2, 0.25) is 0 Å². The summed E-state index contributed by atoms with van der Waals surface area (Å²) >= 11 is 0. The van der Waals surface area contributed by atoms with Gasteiger partial charge in [0.2, 0.25) is 10.0 Å². The van der Waals surface area contributed by atoms with E-state index < -0.39 is 33.8 Å². The minimum atomic E-state index is -3.80. The second-order valence-electron chi connectivity index (χ2n) is 10.9. The summed E-state index contributed by atoms with van der Waals surface area (Å²) in [6, 6.07) is 18.8. The first kappa shape index (κ1) is 29.4. The van der Waals surface area contributed by atoms with Crippen molar-refractivity contribution in [3.05, 3.63) is 90.0 Å². The Morgan fingerprint density at radius 3 is 2.50 bits per heavy atom. The summed E-state index contributed by atoms with van der Waals surface area (Å²) in [6.45, 7) is 0.0748. The standard InChI is InChI=1S/C33H27F2N5O5S/c1-37-33(41)28-21-14-20(24(39(2)46(3,42)43)15-26(21)45-32(28)17-8-10-18(34)11-9-17)22-12-13-25-30(38-22)31-29(35)19-6-4-5-7-23(19)40(31)27(16-36)44-25/h4-15,27H,16,36H2,1-3H3,(H,37,41). The number of hydrogen-bond acceptors (Lipinski definition) is 7. The summed E-state index contributed by atoms with van der Waals surface area (Å²) in [6.07, 6.45) is 0.372. The largest absolute Gasteiger partial charge is 0.466 e. The van der Waals surface area contributed by atoms with E-state index in [1.165, 1.54) is 44.4 Å². The van der Waals surface area contributed by atoms with Crippen LogP contribution in [0.15, 0.2) is 77.2 Å². The lowest BCUT2D eigenvalue weighted by Gasteiger charge is -2.28. The number of anilines is 1. The van der Waals surface area contributed by atoms with E-state index in [1.807, 2.05) is 0 Å². The number of furan rings is 1. The summed E-state index contributed by atoms with van der Waals surface area (Å²) in [4.78, 5) is 18.1. The Labute approximate surface area is 262 Å². The predicted molar refractivity (Wildman–Crippen MR) is 171 cm³/mol. The number of rotatable bonds is 6. The number of amides is 1. The number of carbonyl (C=O) groups excluding carboxylic acids is 1. The minimum Gasteiger partial charge on any atom is -0.466 e. The fourth-order valence-corrected chi connectivity index (χ4v) is 6.39. The monoisotopic (exact) mass is 643 g/mol. The molecule has 3 aromatic carbocycles. The molecule has 7 rings (SSSR count). The molecule has 1 atom stereocenters. The van der Waals surface area contributed by atoms with Crippen LogP contribution in [0.5, 0.6) is 5.75 Å². The van der Waals surface area contributed by atoms with Crippen LogP contribution in [-0.2, 0) is 10.0 Å². The van der Waals surface area contributed by atoms with Crippen molar-refractivity contribution in [2.75, 3.05) is 31.2 Å². The summed E-state index contributed by atoms with van der Waals surface area (Å²) in [7, 11) is -0.946. The highest BCUT2D eigenvalue weighted by atomic mass is 32.2. The molecule has 4 heterocycles. The van der Waals surface area contributed by atoms with Crippen molar-refractivity contribution in [1.82, 2.24) is 14.9 Å². The first-order valence-corrected chi connectivity index (χ1v) is 16.1. The third-order valence-corrected chi connectivity index (χ3v) is 9.36. The van der Waals surface area contributed by atoms with Gasteiger partial charge in [-0.05, 0) is 54.6 Å². The molecule has 234 valence electrons. The Bertz CT molecular complexity index is 2320. The first-order valence-electron chi connectivity index (χ1n) is 14.2. The molecule has 46 heavy (non-hydrogen) atoms. The fourth-order valence-electron chi connectivity index (χ4n) is 5.89. The van der Waals surface area contributed by atoms with E-state index in [0.717, 1.165) is 10.6 Å². The van der Waals surface area contributed by atoms with Gasteiger partial charge in [-0.1, -0.05) is 12.1 Å². The SMILES string of the molecule is CNC(=O)c1c(-c2ccc(F)cc2)oc2cc(N(C)S(C)(=O)=O)c(-c3ccc4c(n3)-c3c(F)c5ccccc5n3C(CN)O4)cc12. The van der Waals surface area contributed by atoms with Crippen LogP contribution >= 0.6 is 0 Å². The average molecular weight is 644 g/mol. The molecule has 6 aromatic rings. The van der Waals surface area contributed by atoms with Gasteiger partial charge in [0.25, 0.3) is 5.91 Å². The topological polar surface area (TPSA) is 133 Å². The maximum absolute atomic E-state index is 16.1. The van der Waals surface area contributed by atoms with Crippen LogP contribution in [0.1, 0.15) is 16.6 Å². The highest BCUT2D eigenvalue weighted by Crippen LogP contribution is 2.46. The molecule has 0 spiro atoms. The van der Waals surface area contributed by atoms with Gasteiger partial charge in [-0.2, -0.15) is 0 Å². The Hall–Kier alpha value is -5.27. The zero-order valence-electron chi connectivity index (χ0n) is 24.8. The molecule has 0 saturated carbocycles.